The Balaban J connectivity index is 1.22. The molecule has 190 valence electrons. The lowest BCUT2D eigenvalue weighted by molar-refractivity contribution is 0.119. The number of anilines is 1. The summed E-state index contributed by atoms with van der Waals surface area (Å²) in [6.45, 7) is 3.49. The number of nitrogen functional groups attached to an aromatic ring is 1. The molecule has 0 spiro atoms. The minimum atomic E-state index is -3.70. The van der Waals surface area contributed by atoms with Gasteiger partial charge in [0, 0.05) is 43.8 Å². The first-order chi connectivity index (χ1) is 17.3. The van der Waals surface area contributed by atoms with Gasteiger partial charge in [-0.15, -0.1) is 0 Å². The fourth-order valence-corrected chi connectivity index (χ4v) is 5.84. The number of rotatable bonds is 11. The van der Waals surface area contributed by atoms with Crippen LogP contribution in [0.1, 0.15) is 30.8 Å². The number of pyridine rings is 2. The lowest BCUT2D eigenvalue weighted by Gasteiger charge is -2.18. The summed E-state index contributed by atoms with van der Waals surface area (Å²) in [7, 11) is -2.13. The van der Waals surface area contributed by atoms with Gasteiger partial charge in [-0.05, 0) is 37.5 Å². The first-order valence-electron chi connectivity index (χ1n) is 12.3. The van der Waals surface area contributed by atoms with Crippen LogP contribution < -0.4 is 5.73 Å². The maximum absolute atomic E-state index is 13.2. The maximum Gasteiger partial charge on any atom is 0.245 e. The topological polar surface area (TPSA) is 116 Å². The van der Waals surface area contributed by atoms with E-state index in [-0.39, 0.29) is 18.0 Å². The number of para-hydroxylation sites is 1. The van der Waals surface area contributed by atoms with Crippen molar-refractivity contribution in [1.82, 2.24) is 23.8 Å². The van der Waals surface area contributed by atoms with Crippen molar-refractivity contribution < 1.29 is 13.2 Å². The third-order valence-corrected chi connectivity index (χ3v) is 8.63. The van der Waals surface area contributed by atoms with E-state index < -0.39 is 10.0 Å². The van der Waals surface area contributed by atoms with Crippen molar-refractivity contribution in [2.75, 3.05) is 32.5 Å². The van der Waals surface area contributed by atoms with Crippen LogP contribution >= 0.6 is 0 Å². The molecule has 0 unspecified atom stereocenters. The zero-order valence-corrected chi connectivity index (χ0v) is 21.5. The fourth-order valence-electron chi connectivity index (χ4n) is 4.52. The molecule has 4 aromatic rings. The number of fused-ring (bicyclic) bond motifs is 2. The summed E-state index contributed by atoms with van der Waals surface area (Å²) in [6, 6.07) is 10.9. The SMILES string of the molecule is Cc1cc2c(nc(CCC3CC3)n2CCOCCN(C)S(=O)(=O)c2cccc3cccnc23)c(N)n1. The smallest absolute Gasteiger partial charge is 0.245 e. The second-order valence-corrected chi connectivity index (χ2v) is 11.5. The number of ether oxygens (including phenoxy) is 1. The van der Waals surface area contributed by atoms with Gasteiger partial charge >= 0.3 is 0 Å². The molecule has 1 aliphatic carbocycles. The largest absolute Gasteiger partial charge is 0.382 e. The highest BCUT2D eigenvalue weighted by Crippen LogP contribution is 2.34. The van der Waals surface area contributed by atoms with E-state index >= 15 is 0 Å². The molecule has 0 radical (unpaired) electrons. The molecular weight excluding hydrogens is 476 g/mol. The Kier molecular flexibility index (Phi) is 6.92. The van der Waals surface area contributed by atoms with Crippen LogP contribution in [0.3, 0.4) is 0 Å². The van der Waals surface area contributed by atoms with Crippen molar-refractivity contribution in [3.05, 3.63) is 54.1 Å². The molecule has 0 atom stereocenters. The van der Waals surface area contributed by atoms with Gasteiger partial charge in [0.1, 0.15) is 16.2 Å². The Bertz CT molecular complexity index is 1490. The monoisotopic (exact) mass is 508 g/mol. The van der Waals surface area contributed by atoms with Gasteiger partial charge < -0.3 is 15.0 Å². The van der Waals surface area contributed by atoms with Gasteiger partial charge in [0.25, 0.3) is 0 Å². The number of likely N-dealkylation sites (N-methyl/N-ethyl adjacent to an activating group) is 1. The Labute approximate surface area is 211 Å². The molecule has 3 heterocycles. The van der Waals surface area contributed by atoms with Gasteiger partial charge in [0.15, 0.2) is 5.82 Å². The normalized spacial score (nSPS) is 14.3. The summed E-state index contributed by atoms with van der Waals surface area (Å²) in [6.07, 6.45) is 6.24. The molecule has 0 saturated heterocycles. The number of aromatic nitrogens is 4. The average Bonchev–Trinajstić information content (AvgIpc) is 3.63. The lowest BCUT2D eigenvalue weighted by atomic mass is 10.2. The molecule has 2 N–H and O–H groups in total. The maximum atomic E-state index is 13.2. The summed E-state index contributed by atoms with van der Waals surface area (Å²) < 4.78 is 35.7. The van der Waals surface area contributed by atoms with Crippen LogP contribution in [0, 0.1) is 12.8 Å². The van der Waals surface area contributed by atoms with Gasteiger partial charge in [0.05, 0.1) is 24.2 Å². The van der Waals surface area contributed by atoms with E-state index in [0.29, 0.717) is 24.5 Å². The molecule has 0 aliphatic heterocycles. The summed E-state index contributed by atoms with van der Waals surface area (Å²) in [4.78, 5) is 13.6. The van der Waals surface area contributed by atoms with E-state index in [1.165, 1.54) is 17.1 Å². The van der Waals surface area contributed by atoms with Crippen molar-refractivity contribution in [2.45, 2.75) is 44.0 Å². The minimum absolute atomic E-state index is 0.204. The van der Waals surface area contributed by atoms with Crippen LogP contribution in [0.25, 0.3) is 21.9 Å². The molecule has 9 nitrogen and oxygen atoms in total. The molecule has 1 fully saturated rings. The first-order valence-corrected chi connectivity index (χ1v) is 13.8. The van der Waals surface area contributed by atoms with Crippen molar-refractivity contribution in [3.8, 4) is 0 Å². The molecule has 1 aromatic carbocycles. The summed E-state index contributed by atoms with van der Waals surface area (Å²) in [5, 5.41) is 0.791. The van der Waals surface area contributed by atoms with Gasteiger partial charge in [-0.25, -0.2) is 18.4 Å². The number of imidazole rings is 1. The van der Waals surface area contributed by atoms with Crippen molar-refractivity contribution in [2.24, 2.45) is 5.92 Å². The number of hydrogen-bond donors (Lipinski definition) is 1. The standard InChI is InChI=1S/C26H32N6O3S/c1-18-17-21-25(26(27)29-18)30-23(11-10-19-8-9-19)32(21)14-16-35-15-13-31(2)36(33,34)22-7-3-5-20-6-4-12-28-24(20)22/h3-7,12,17,19H,8-11,13-16H2,1-2H3,(H2,27,29). The Morgan fingerprint density at radius 1 is 1.14 bits per heavy atom. The highest BCUT2D eigenvalue weighted by molar-refractivity contribution is 7.89. The number of sulfonamides is 1. The molecule has 1 aliphatic rings. The van der Waals surface area contributed by atoms with Crippen molar-refractivity contribution >= 4 is 37.8 Å². The number of hydrogen-bond acceptors (Lipinski definition) is 7. The van der Waals surface area contributed by atoms with Crippen molar-refractivity contribution in [3.63, 3.8) is 0 Å². The van der Waals surface area contributed by atoms with E-state index in [2.05, 4.69) is 14.5 Å². The van der Waals surface area contributed by atoms with E-state index in [4.69, 9.17) is 15.5 Å². The molecule has 10 heteroatoms. The third kappa shape index (κ3) is 5.07. The van der Waals surface area contributed by atoms with Crippen LogP contribution in [0.4, 0.5) is 5.82 Å². The molecule has 0 bridgehead atoms. The van der Waals surface area contributed by atoms with E-state index in [0.717, 1.165) is 46.7 Å². The van der Waals surface area contributed by atoms with E-state index in [1.807, 2.05) is 25.1 Å². The highest BCUT2D eigenvalue weighted by Gasteiger charge is 2.24. The van der Waals surface area contributed by atoms with Gasteiger partial charge in [0.2, 0.25) is 10.0 Å². The molecule has 5 rings (SSSR count). The average molecular weight is 509 g/mol. The molecule has 3 aromatic heterocycles. The number of aryl methyl sites for hydroxylation is 2. The summed E-state index contributed by atoms with van der Waals surface area (Å²) in [5.41, 5.74) is 9.19. The summed E-state index contributed by atoms with van der Waals surface area (Å²) >= 11 is 0. The number of nitrogens with two attached hydrogens (primary N) is 1. The second kappa shape index (κ2) is 10.1. The van der Waals surface area contributed by atoms with Gasteiger partial charge in [-0.1, -0.05) is 31.0 Å². The Morgan fingerprint density at radius 2 is 1.94 bits per heavy atom. The summed E-state index contributed by atoms with van der Waals surface area (Å²) in [5.74, 6) is 2.26. The molecule has 0 amide bonds. The van der Waals surface area contributed by atoms with Crippen LogP contribution in [0.5, 0.6) is 0 Å². The first kappa shape index (κ1) is 24.6. The third-order valence-electron chi connectivity index (χ3n) is 6.74. The van der Waals surface area contributed by atoms with Crippen molar-refractivity contribution in [1.29, 1.82) is 0 Å². The zero-order chi connectivity index (χ0) is 25.3. The zero-order valence-electron chi connectivity index (χ0n) is 20.7. The van der Waals surface area contributed by atoms with Crippen LogP contribution in [-0.4, -0.2) is 59.0 Å². The predicted octanol–water partition coefficient (Wildman–Crippen LogP) is 3.55. The minimum Gasteiger partial charge on any atom is -0.382 e. The van der Waals surface area contributed by atoms with Crippen LogP contribution in [0.15, 0.2) is 47.5 Å². The number of benzene rings is 1. The van der Waals surface area contributed by atoms with E-state index in [1.54, 1.807) is 31.4 Å². The predicted molar refractivity (Wildman–Crippen MR) is 140 cm³/mol. The number of nitrogens with zero attached hydrogens (tertiary/aromatic N) is 5. The van der Waals surface area contributed by atoms with Gasteiger partial charge in [-0.3, -0.25) is 4.98 Å². The second-order valence-electron chi connectivity index (χ2n) is 9.45. The molecule has 1 saturated carbocycles. The fraction of sp³-hybridized carbons (Fsp3) is 0.423. The highest BCUT2D eigenvalue weighted by atomic mass is 32.2. The Hall–Kier alpha value is -3.08. The molecular formula is C26H32N6O3S. The molecule has 36 heavy (non-hydrogen) atoms. The Morgan fingerprint density at radius 3 is 2.75 bits per heavy atom. The van der Waals surface area contributed by atoms with Crippen LogP contribution in [-0.2, 0) is 27.7 Å². The van der Waals surface area contributed by atoms with Gasteiger partial charge in [-0.2, -0.15) is 4.31 Å². The quantitative estimate of drug-likeness (QED) is 0.308. The van der Waals surface area contributed by atoms with Crippen LogP contribution in [0.2, 0.25) is 0 Å². The van der Waals surface area contributed by atoms with E-state index in [9.17, 15) is 8.42 Å². The lowest BCUT2D eigenvalue weighted by Crippen LogP contribution is -2.30.